The summed E-state index contributed by atoms with van der Waals surface area (Å²) >= 11 is 0. The monoisotopic (exact) mass is 286 g/mol. The number of benzene rings is 2. The van der Waals surface area contributed by atoms with Crippen LogP contribution in [0.25, 0.3) is 21.8 Å². The lowest BCUT2D eigenvalue weighted by atomic mass is 9.80. The van der Waals surface area contributed by atoms with Gasteiger partial charge in [-0.25, -0.2) is 0 Å². The summed E-state index contributed by atoms with van der Waals surface area (Å²) < 4.78 is 0. The van der Waals surface area contributed by atoms with Crippen LogP contribution < -0.4 is 0 Å². The molecule has 0 bridgehead atoms. The fraction of sp³-hybridized carbons (Fsp3) is 0.200. The number of fused-ring (bicyclic) bond motifs is 4. The SMILES string of the molecule is c1ccc2c(C3CCCc4[nH]c5ccccc5c43)c[nH]c2c1. The van der Waals surface area contributed by atoms with Crippen molar-refractivity contribution < 1.29 is 0 Å². The number of rotatable bonds is 1. The fourth-order valence-corrected chi connectivity index (χ4v) is 4.14. The van der Waals surface area contributed by atoms with E-state index in [9.17, 15) is 0 Å². The van der Waals surface area contributed by atoms with Gasteiger partial charge >= 0.3 is 0 Å². The quantitative estimate of drug-likeness (QED) is 0.487. The molecule has 0 spiro atoms. The largest absolute Gasteiger partial charge is 0.361 e. The smallest absolute Gasteiger partial charge is 0.0459 e. The first-order valence-corrected chi connectivity index (χ1v) is 8.07. The Morgan fingerprint density at radius 1 is 0.864 bits per heavy atom. The Kier molecular flexibility index (Phi) is 2.48. The van der Waals surface area contributed by atoms with E-state index in [1.54, 1.807) is 0 Å². The number of nitrogens with one attached hydrogen (secondary N) is 2. The lowest BCUT2D eigenvalue weighted by Crippen LogP contribution is -2.09. The van der Waals surface area contributed by atoms with Gasteiger partial charge in [-0.15, -0.1) is 0 Å². The summed E-state index contributed by atoms with van der Waals surface area (Å²) in [6, 6.07) is 17.4. The number of hydrogen-bond acceptors (Lipinski definition) is 0. The molecule has 0 aliphatic heterocycles. The van der Waals surface area contributed by atoms with Gasteiger partial charge in [0.15, 0.2) is 0 Å². The van der Waals surface area contributed by atoms with Gasteiger partial charge in [0.1, 0.15) is 0 Å². The van der Waals surface area contributed by atoms with Crippen LogP contribution >= 0.6 is 0 Å². The molecule has 1 atom stereocenters. The van der Waals surface area contributed by atoms with Crippen LogP contribution in [0.3, 0.4) is 0 Å². The lowest BCUT2D eigenvalue weighted by Gasteiger charge is -2.23. The van der Waals surface area contributed by atoms with Crippen molar-refractivity contribution in [2.45, 2.75) is 25.2 Å². The number of hydrogen-bond donors (Lipinski definition) is 2. The molecule has 2 heteroatoms. The molecule has 2 aromatic heterocycles. The van der Waals surface area contributed by atoms with Crippen molar-refractivity contribution in [2.24, 2.45) is 0 Å². The van der Waals surface area contributed by atoms with Crippen LogP contribution in [0.5, 0.6) is 0 Å². The summed E-state index contributed by atoms with van der Waals surface area (Å²) in [7, 11) is 0. The summed E-state index contributed by atoms with van der Waals surface area (Å²) in [5.74, 6) is 0.496. The van der Waals surface area contributed by atoms with Gasteiger partial charge in [-0.2, -0.15) is 0 Å². The van der Waals surface area contributed by atoms with E-state index in [0.29, 0.717) is 5.92 Å². The molecule has 0 saturated carbocycles. The predicted octanol–water partition coefficient (Wildman–Crippen LogP) is 5.12. The first-order valence-electron chi connectivity index (χ1n) is 8.07. The maximum atomic E-state index is 3.65. The van der Waals surface area contributed by atoms with Gasteiger partial charge in [0.2, 0.25) is 0 Å². The van der Waals surface area contributed by atoms with Crippen molar-refractivity contribution in [1.82, 2.24) is 9.97 Å². The topological polar surface area (TPSA) is 31.6 Å². The Balaban J connectivity index is 1.78. The van der Waals surface area contributed by atoms with Gasteiger partial charge in [-0.1, -0.05) is 36.4 Å². The van der Waals surface area contributed by atoms with Crippen molar-refractivity contribution in [3.05, 3.63) is 71.5 Å². The normalized spacial score (nSPS) is 17.9. The molecule has 0 radical (unpaired) electrons. The van der Waals surface area contributed by atoms with Gasteiger partial charge < -0.3 is 9.97 Å². The molecule has 2 aromatic carbocycles. The fourth-order valence-electron chi connectivity index (χ4n) is 4.14. The molecule has 4 aromatic rings. The second-order valence-corrected chi connectivity index (χ2v) is 6.30. The Labute approximate surface area is 129 Å². The molecule has 2 heterocycles. The number of aryl methyl sites for hydroxylation is 1. The zero-order chi connectivity index (χ0) is 14.5. The van der Waals surface area contributed by atoms with Crippen LogP contribution in [0.4, 0.5) is 0 Å². The van der Waals surface area contributed by atoms with E-state index in [2.05, 4.69) is 64.7 Å². The molecule has 1 aliphatic carbocycles. The summed E-state index contributed by atoms with van der Waals surface area (Å²) in [6.45, 7) is 0. The highest BCUT2D eigenvalue weighted by Crippen LogP contribution is 2.42. The van der Waals surface area contributed by atoms with Crippen molar-refractivity contribution in [3.63, 3.8) is 0 Å². The Morgan fingerprint density at radius 3 is 2.55 bits per heavy atom. The number of aromatic nitrogens is 2. The van der Waals surface area contributed by atoms with Crippen LogP contribution in [0, 0.1) is 0 Å². The van der Waals surface area contributed by atoms with Crippen molar-refractivity contribution in [1.29, 1.82) is 0 Å². The summed E-state index contributed by atoms with van der Waals surface area (Å²) in [5.41, 5.74) is 6.92. The molecular weight excluding hydrogens is 268 g/mol. The standard InChI is InChI=1S/C20H18N2/c1-3-9-17-13(6-1)16(12-21-17)14-8-5-11-19-20(14)15-7-2-4-10-18(15)22-19/h1-4,6-7,9-10,12,14,21-22H,5,8,11H2. The molecule has 0 saturated heterocycles. The maximum Gasteiger partial charge on any atom is 0.0459 e. The van der Waals surface area contributed by atoms with E-state index in [1.165, 1.54) is 57.9 Å². The average Bonchev–Trinajstić information content (AvgIpc) is 3.16. The summed E-state index contributed by atoms with van der Waals surface area (Å²) in [4.78, 5) is 7.09. The molecule has 2 N–H and O–H groups in total. The van der Waals surface area contributed by atoms with Crippen LogP contribution in [-0.4, -0.2) is 9.97 Å². The predicted molar refractivity (Wildman–Crippen MR) is 91.4 cm³/mol. The van der Waals surface area contributed by atoms with Crippen LogP contribution in [0.15, 0.2) is 54.7 Å². The molecule has 0 amide bonds. The Bertz CT molecular complexity index is 974. The second-order valence-electron chi connectivity index (χ2n) is 6.30. The first-order chi connectivity index (χ1) is 10.9. The highest BCUT2D eigenvalue weighted by molar-refractivity contribution is 5.89. The zero-order valence-corrected chi connectivity index (χ0v) is 12.4. The van der Waals surface area contributed by atoms with E-state index < -0.39 is 0 Å². The average molecular weight is 286 g/mol. The second kappa shape index (κ2) is 4.51. The third-order valence-corrected chi connectivity index (χ3v) is 5.09. The van der Waals surface area contributed by atoms with Crippen LogP contribution in [0.2, 0.25) is 0 Å². The minimum Gasteiger partial charge on any atom is -0.361 e. The molecule has 1 unspecified atom stereocenters. The maximum absolute atomic E-state index is 3.65. The molecule has 0 fully saturated rings. The third-order valence-electron chi connectivity index (χ3n) is 5.09. The minimum absolute atomic E-state index is 0.496. The van der Waals surface area contributed by atoms with E-state index in [4.69, 9.17) is 0 Å². The van der Waals surface area contributed by atoms with Gasteiger partial charge in [-0.05, 0) is 42.5 Å². The van der Waals surface area contributed by atoms with Gasteiger partial charge in [0.05, 0.1) is 0 Å². The first kappa shape index (κ1) is 12.1. The van der Waals surface area contributed by atoms with Crippen LogP contribution in [-0.2, 0) is 6.42 Å². The van der Waals surface area contributed by atoms with Crippen LogP contribution in [0.1, 0.15) is 35.6 Å². The van der Waals surface area contributed by atoms with Gasteiger partial charge in [-0.3, -0.25) is 0 Å². The third kappa shape index (κ3) is 1.61. The van der Waals surface area contributed by atoms with Crippen molar-refractivity contribution in [3.8, 4) is 0 Å². The number of aromatic amines is 2. The van der Waals surface area contributed by atoms with E-state index in [-0.39, 0.29) is 0 Å². The zero-order valence-electron chi connectivity index (χ0n) is 12.4. The number of H-pyrrole nitrogens is 2. The lowest BCUT2D eigenvalue weighted by molar-refractivity contribution is 0.616. The Morgan fingerprint density at radius 2 is 1.64 bits per heavy atom. The highest BCUT2D eigenvalue weighted by atomic mass is 14.7. The minimum atomic E-state index is 0.496. The van der Waals surface area contributed by atoms with Crippen molar-refractivity contribution >= 4 is 21.8 Å². The summed E-state index contributed by atoms with van der Waals surface area (Å²) in [5, 5.41) is 2.76. The molecule has 108 valence electrons. The Hall–Kier alpha value is -2.48. The van der Waals surface area contributed by atoms with E-state index in [1.807, 2.05) is 0 Å². The van der Waals surface area contributed by atoms with Gasteiger partial charge in [0.25, 0.3) is 0 Å². The summed E-state index contributed by atoms with van der Waals surface area (Å²) in [6.07, 6.45) is 5.87. The van der Waals surface area contributed by atoms with Gasteiger partial charge in [0, 0.05) is 39.6 Å². The highest BCUT2D eigenvalue weighted by Gasteiger charge is 2.27. The molecule has 22 heavy (non-hydrogen) atoms. The molecule has 5 rings (SSSR count). The molecule has 2 nitrogen and oxygen atoms in total. The molecule has 1 aliphatic rings. The molecular formula is C20H18N2. The van der Waals surface area contributed by atoms with Crippen molar-refractivity contribution in [2.75, 3.05) is 0 Å². The number of para-hydroxylation sites is 2. The van der Waals surface area contributed by atoms with E-state index >= 15 is 0 Å². The van der Waals surface area contributed by atoms with E-state index in [0.717, 1.165) is 0 Å².